The van der Waals surface area contributed by atoms with E-state index in [1.165, 1.54) is 54.6 Å². The number of aryl methyl sites for hydroxylation is 3. The number of hydrogen-bond acceptors (Lipinski definition) is 12. The SMILES string of the molecule is CCOc1c(CCCl)cccc1NC(=O)c1ccc(Cl)c(N=NC(C(C)=O)C(=O)Nc2ccc(NC(=O)C(N=Nc3cc(C(=O)Nc4cccc(CCCl)c4OCC)ccc3Cl)C(C)=O)c(CCCl)c2)c1. The molecule has 2 unspecified atom stereocenters. The summed E-state index contributed by atoms with van der Waals surface area (Å²) in [6, 6.07) is 20.4. The number of Topliss-reactive ketones (excluding diaryl/α,β-unsaturated/α-hetero) is 2. The number of nitrogens with one attached hydrogen (secondary N) is 4. The van der Waals surface area contributed by atoms with E-state index in [1.807, 2.05) is 26.0 Å². The Hall–Kier alpha value is -6.43. The van der Waals surface area contributed by atoms with Crippen molar-refractivity contribution in [2.45, 2.75) is 59.0 Å². The molecular formula is C50H49Cl5N8O8. The number of nitrogens with zero attached hydrogens (tertiary/aromatic N) is 4. The first kappa shape index (κ1) is 55.5. The van der Waals surface area contributed by atoms with Gasteiger partial charge in [0.25, 0.3) is 23.6 Å². The Labute approximate surface area is 435 Å². The number of halogens is 5. The number of ether oxygens (including phenoxy) is 2. The number of anilines is 4. The van der Waals surface area contributed by atoms with E-state index in [2.05, 4.69) is 41.7 Å². The second-order valence-corrected chi connectivity index (χ2v) is 17.3. The number of benzene rings is 5. The van der Waals surface area contributed by atoms with Crippen LogP contribution in [0.4, 0.5) is 34.1 Å². The number of rotatable bonds is 24. The molecule has 4 amide bonds. The van der Waals surface area contributed by atoms with Gasteiger partial charge in [0.1, 0.15) is 22.9 Å². The van der Waals surface area contributed by atoms with Gasteiger partial charge in [-0.05, 0) is 130 Å². The van der Waals surface area contributed by atoms with E-state index in [9.17, 15) is 28.8 Å². The predicted molar refractivity (Wildman–Crippen MR) is 279 cm³/mol. The quantitative estimate of drug-likeness (QED) is 0.0264. The van der Waals surface area contributed by atoms with Gasteiger partial charge in [-0.2, -0.15) is 20.5 Å². The summed E-state index contributed by atoms with van der Waals surface area (Å²) in [7, 11) is 0. The molecule has 0 radical (unpaired) electrons. The van der Waals surface area contributed by atoms with Gasteiger partial charge in [-0.3, -0.25) is 28.8 Å². The molecule has 5 rings (SSSR count). The van der Waals surface area contributed by atoms with Crippen molar-refractivity contribution < 1.29 is 38.2 Å². The standard InChI is InChI=1S/C50H49Cl5N8O8/c1-5-70-45-30(19-22-51)9-7-11-39(45)58-47(66)33-13-16-36(54)41(26-33)60-62-43(28(3)64)49(68)56-35-15-18-38(32(25-35)21-24-53)57-50(69)44(29(4)65)63-61-42-27-34(14-17-37(42)55)48(67)59-40-12-8-10-31(20-23-52)46(40)71-6-2/h7-18,25-27,43-44H,5-6,19-24H2,1-4H3,(H,56,68)(H,57,69)(H,58,66)(H,59,67). The number of hydrogen-bond donors (Lipinski definition) is 4. The first-order chi connectivity index (χ1) is 34.1. The van der Waals surface area contributed by atoms with Crippen LogP contribution in [0, 0.1) is 0 Å². The Balaban J connectivity index is 1.29. The van der Waals surface area contributed by atoms with Crippen molar-refractivity contribution in [3.8, 4) is 11.5 Å². The number of azo groups is 2. The van der Waals surface area contributed by atoms with Crippen LogP contribution in [0.15, 0.2) is 111 Å². The third kappa shape index (κ3) is 15.3. The molecule has 2 atom stereocenters. The molecule has 372 valence electrons. The lowest BCUT2D eigenvalue weighted by Crippen LogP contribution is -2.32. The summed E-state index contributed by atoms with van der Waals surface area (Å²) in [5.74, 6) is -2.21. The highest BCUT2D eigenvalue weighted by molar-refractivity contribution is 6.33. The van der Waals surface area contributed by atoms with Gasteiger partial charge in [0.05, 0.1) is 34.6 Å². The monoisotopic (exact) mass is 1060 g/mol. The number of ketones is 2. The summed E-state index contributed by atoms with van der Waals surface area (Å²) in [5, 5.41) is 27.4. The van der Waals surface area contributed by atoms with Crippen LogP contribution in [0.2, 0.25) is 10.0 Å². The third-order valence-corrected chi connectivity index (χ3v) is 11.4. The highest BCUT2D eigenvalue weighted by Crippen LogP contribution is 2.34. The van der Waals surface area contributed by atoms with Crippen LogP contribution in [-0.4, -0.2) is 78.1 Å². The molecule has 0 aliphatic heterocycles. The summed E-state index contributed by atoms with van der Waals surface area (Å²) >= 11 is 30.9. The van der Waals surface area contributed by atoms with E-state index >= 15 is 0 Å². The molecule has 0 heterocycles. The van der Waals surface area contributed by atoms with E-state index in [-0.39, 0.29) is 56.2 Å². The first-order valence-electron chi connectivity index (χ1n) is 22.1. The minimum absolute atomic E-state index is 0.0163. The maximum absolute atomic E-state index is 13.6. The maximum Gasteiger partial charge on any atom is 0.258 e. The van der Waals surface area contributed by atoms with Gasteiger partial charge >= 0.3 is 0 Å². The lowest BCUT2D eigenvalue weighted by atomic mass is 10.1. The molecule has 0 aliphatic carbocycles. The third-order valence-electron chi connectivity index (χ3n) is 10.2. The molecule has 0 bridgehead atoms. The number of carbonyl (C=O) groups is 6. The van der Waals surface area contributed by atoms with Gasteiger partial charge in [-0.1, -0.05) is 47.5 Å². The molecule has 0 fully saturated rings. The van der Waals surface area contributed by atoms with E-state index in [4.69, 9.17) is 67.5 Å². The van der Waals surface area contributed by atoms with Crippen LogP contribution in [0.1, 0.15) is 65.1 Å². The fourth-order valence-electron chi connectivity index (χ4n) is 6.83. The fourth-order valence-corrected chi connectivity index (χ4v) is 7.76. The molecule has 5 aromatic carbocycles. The van der Waals surface area contributed by atoms with Crippen LogP contribution in [0.5, 0.6) is 11.5 Å². The van der Waals surface area contributed by atoms with Crippen molar-refractivity contribution in [2.75, 3.05) is 52.1 Å². The van der Waals surface area contributed by atoms with Gasteiger partial charge in [0, 0.05) is 40.1 Å². The lowest BCUT2D eigenvalue weighted by molar-refractivity contribution is -0.127. The summed E-state index contributed by atoms with van der Waals surface area (Å²) in [6.07, 6.45) is 1.25. The highest BCUT2D eigenvalue weighted by atomic mass is 35.5. The minimum atomic E-state index is -1.64. The molecule has 0 saturated heterocycles. The van der Waals surface area contributed by atoms with Crippen molar-refractivity contribution in [1.29, 1.82) is 0 Å². The molecule has 0 saturated carbocycles. The molecule has 16 nitrogen and oxygen atoms in total. The smallest absolute Gasteiger partial charge is 0.258 e. The normalized spacial score (nSPS) is 12.0. The fraction of sp³-hybridized carbons (Fsp3) is 0.280. The van der Waals surface area contributed by atoms with E-state index in [1.54, 1.807) is 24.3 Å². The van der Waals surface area contributed by atoms with Crippen molar-refractivity contribution in [3.05, 3.63) is 129 Å². The van der Waals surface area contributed by atoms with Crippen molar-refractivity contribution in [3.63, 3.8) is 0 Å². The summed E-state index contributed by atoms with van der Waals surface area (Å²) in [4.78, 5) is 79.4. The van der Waals surface area contributed by atoms with E-state index in [0.717, 1.165) is 25.0 Å². The minimum Gasteiger partial charge on any atom is -0.491 e. The Morgan fingerprint density at radius 3 is 1.38 bits per heavy atom. The zero-order valence-electron chi connectivity index (χ0n) is 38.9. The topological polar surface area (TPSA) is 218 Å². The van der Waals surface area contributed by atoms with Gasteiger partial charge in [0.15, 0.2) is 11.6 Å². The highest BCUT2D eigenvalue weighted by Gasteiger charge is 2.27. The average molecular weight is 1070 g/mol. The number of alkyl halides is 3. The predicted octanol–water partition coefficient (Wildman–Crippen LogP) is 12.0. The molecule has 71 heavy (non-hydrogen) atoms. The molecule has 0 spiro atoms. The van der Waals surface area contributed by atoms with Crippen molar-refractivity contribution in [1.82, 2.24) is 0 Å². The van der Waals surface area contributed by atoms with Crippen LogP contribution < -0.4 is 30.7 Å². The van der Waals surface area contributed by atoms with Gasteiger partial charge in [0.2, 0.25) is 12.1 Å². The van der Waals surface area contributed by atoms with Gasteiger partial charge in [-0.15, -0.1) is 34.8 Å². The second-order valence-electron chi connectivity index (χ2n) is 15.3. The summed E-state index contributed by atoms with van der Waals surface area (Å²) in [6.45, 7) is 6.69. The molecule has 0 aromatic heterocycles. The second kappa shape index (κ2) is 27.2. The zero-order valence-corrected chi connectivity index (χ0v) is 42.7. The Bertz CT molecular complexity index is 2850. The van der Waals surface area contributed by atoms with Crippen LogP contribution >= 0.6 is 58.0 Å². The molecule has 5 aromatic rings. The van der Waals surface area contributed by atoms with E-state index < -0.39 is 47.3 Å². The number of amides is 4. The largest absolute Gasteiger partial charge is 0.491 e. The zero-order chi connectivity index (χ0) is 51.6. The Morgan fingerprint density at radius 1 is 0.521 bits per heavy atom. The first-order valence-corrected chi connectivity index (χ1v) is 24.4. The number of para-hydroxylation sites is 2. The Kier molecular flexibility index (Phi) is 21.3. The van der Waals surface area contributed by atoms with Crippen LogP contribution in [0.3, 0.4) is 0 Å². The molecular weight excluding hydrogens is 1020 g/mol. The molecule has 0 aliphatic rings. The van der Waals surface area contributed by atoms with E-state index in [0.29, 0.717) is 66.3 Å². The van der Waals surface area contributed by atoms with Crippen LogP contribution in [-0.2, 0) is 38.4 Å². The average Bonchev–Trinajstić information content (AvgIpc) is 3.33. The lowest BCUT2D eigenvalue weighted by Gasteiger charge is -2.16. The van der Waals surface area contributed by atoms with Gasteiger partial charge < -0.3 is 30.7 Å². The van der Waals surface area contributed by atoms with Gasteiger partial charge in [-0.25, -0.2) is 0 Å². The molecule has 4 N–H and O–H groups in total. The Morgan fingerprint density at radius 2 is 0.958 bits per heavy atom. The molecule has 21 heteroatoms. The maximum atomic E-state index is 13.6. The van der Waals surface area contributed by atoms with Crippen molar-refractivity contribution >= 4 is 127 Å². The van der Waals surface area contributed by atoms with Crippen molar-refractivity contribution in [2.24, 2.45) is 20.5 Å². The summed E-state index contributed by atoms with van der Waals surface area (Å²) in [5.41, 5.74) is 3.77. The van der Waals surface area contributed by atoms with Crippen LogP contribution in [0.25, 0.3) is 0 Å². The number of carbonyl (C=O) groups excluding carboxylic acids is 6. The summed E-state index contributed by atoms with van der Waals surface area (Å²) < 4.78 is 11.6.